The highest BCUT2D eigenvalue weighted by molar-refractivity contribution is 6.35. The third-order valence-corrected chi connectivity index (χ3v) is 4.42. The fourth-order valence-electron chi connectivity index (χ4n) is 2.60. The summed E-state index contributed by atoms with van der Waals surface area (Å²) in [5.74, 6) is 0.377. The molecular formula is C18H19Cl2N5. The summed E-state index contributed by atoms with van der Waals surface area (Å²) in [6.45, 7) is 2.53. The van der Waals surface area contributed by atoms with Crippen LogP contribution in [0.3, 0.4) is 0 Å². The maximum Gasteiger partial charge on any atom is 0.189 e. The van der Waals surface area contributed by atoms with Crippen LogP contribution in [0.25, 0.3) is 5.65 Å². The molecule has 0 saturated carbocycles. The van der Waals surface area contributed by atoms with E-state index in [0.717, 1.165) is 23.3 Å². The van der Waals surface area contributed by atoms with Crippen LogP contribution in [-0.4, -0.2) is 21.9 Å². The molecule has 0 radical (unpaired) electrons. The van der Waals surface area contributed by atoms with Gasteiger partial charge in [0, 0.05) is 35.4 Å². The first-order valence-electron chi connectivity index (χ1n) is 7.97. The fourth-order valence-corrected chi connectivity index (χ4v) is 3.17. The van der Waals surface area contributed by atoms with Crippen molar-refractivity contribution in [3.63, 3.8) is 0 Å². The van der Waals surface area contributed by atoms with E-state index < -0.39 is 0 Å². The first-order valence-corrected chi connectivity index (χ1v) is 8.72. The van der Waals surface area contributed by atoms with Crippen LogP contribution in [0.15, 0.2) is 53.8 Å². The number of hydrogen-bond donors (Lipinski definition) is 2. The third kappa shape index (κ3) is 4.44. The Hall–Kier alpha value is -2.24. The van der Waals surface area contributed by atoms with Crippen LogP contribution in [0.2, 0.25) is 10.0 Å². The first-order chi connectivity index (χ1) is 12.0. The Labute approximate surface area is 156 Å². The smallest absolute Gasteiger partial charge is 0.189 e. The Kier molecular flexibility index (Phi) is 5.46. The molecule has 0 aliphatic carbocycles. The zero-order valence-corrected chi connectivity index (χ0v) is 15.3. The summed E-state index contributed by atoms with van der Waals surface area (Å²) in [6, 6.07) is 11.2. The van der Waals surface area contributed by atoms with E-state index in [4.69, 9.17) is 28.9 Å². The SMILES string of the molecule is CC(NC(N)=NCCc1cn2ccccc2n1)c1ccc(Cl)cc1Cl. The summed E-state index contributed by atoms with van der Waals surface area (Å²) in [5, 5.41) is 4.35. The molecule has 1 unspecified atom stereocenters. The van der Waals surface area contributed by atoms with Crippen LogP contribution in [0.5, 0.6) is 0 Å². The summed E-state index contributed by atoms with van der Waals surface area (Å²) < 4.78 is 1.99. The van der Waals surface area contributed by atoms with Crippen molar-refractivity contribution in [1.29, 1.82) is 0 Å². The number of nitrogens with two attached hydrogens (primary N) is 1. The molecule has 3 aromatic rings. The van der Waals surface area contributed by atoms with Gasteiger partial charge >= 0.3 is 0 Å². The lowest BCUT2D eigenvalue weighted by Crippen LogP contribution is -2.34. The average Bonchev–Trinajstić information content (AvgIpc) is 2.97. The molecule has 1 aromatic carbocycles. The minimum Gasteiger partial charge on any atom is -0.370 e. The zero-order chi connectivity index (χ0) is 17.8. The van der Waals surface area contributed by atoms with Gasteiger partial charge in [-0.15, -0.1) is 0 Å². The summed E-state index contributed by atoms with van der Waals surface area (Å²) in [7, 11) is 0. The molecule has 0 saturated heterocycles. The maximum atomic E-state index is 6.22. The normalized spacial score (nSPS) is 13.2. The summed E-state index contributed by atoms with van der Waals surface area (Å²) in [4.78, 5) is 8.91. The lowest BCUT2D eigenvalue weighted by molar-refractivity contribution is 0.707. The topological polar surface area (TPSA) is 67.7 Å². The molecule has 25 heavy (non-hydrogen) atoms. The second kappa shape index (κ2) is 7.76. The Bertz CT molecular complexity index is 870. The number of nitrogens with zero attached hydrogens (tertiary/aromatic N) is 3. The molecule has 1 atom stereocenters. The molecule has 0 aliphatic rings. The molecule has 2 heterocycles. The van der Waals surface area contributed by atoms with Crippen molar-refractivity contribution >= 4 is 34.8 Å². The van der Waals surface area contributed by atoms with Crippen LogP contribution in [0.1, 0.15) is 24.2 Å². The number of nitrogens with one attached hydrogen (secondary N) is 1. The van der Waals surface area contributed by atoms with Crippen molar-refractivity contribution < 1.29 is 0 Å². The van der Waals surface area contributed by atoms with Gasteiger partial charge in [-0.05, 0) is 36.8 Å². The summed E-state index contributed by atoms with van der Waals surface area (Å²) >= 11 is 12.1. The molecule has 0 spiro atoms. The number of hydrogen-bond acceptors (Lipinski definition) is 2. The minimum atomic E-state index is -0.0660. The number of aliphatic imine (C=N–C) groups is 1. The molecule has 7 heteroatoms. The van der Waals surface area contributed by atoms with E-state index >= 15 is 0 Å². The van der Waals surface area contributed by atoms with Gasteiger partial charge in [0.15, 0.2) is 5.96 Å². The number of halogens is 2. The number of fused-ring (bicyclic) bond motifs is 1. The lowest BCUT2D eigenvalue weighted by Gasteiger charge is -2.16. The molecule has 2 aromatic heterocycles. The number of rotatable bonds is 5. The first kappa shape index (κ1) is 17.6. The van der Waals surface area contributed by atoms with Gasteiger partial charge in [-0.3, -0.25) is 4.99 Å². The van der Waals surface area contributed by atoms with E-state index in [-0.39, 0.29) is 6.04 Å². The summed E-state index contributed by atoms with van der Waals surface area (Å²) in [6.07, 6.45) is 4.70. The molecular weight excluding hydrogens is 357 g/mol. The standard InChI is InChI=1S/C18H19Cl2N5/c1-12(15-6-5-13(19)10-16(15)20)23-18(21)22-8-7-14-11-25-9-3-2-4-17(25)24-14/h2-6,9-12H,7-8H2,1H3,(H3,21,22,23). The van der Waals surface area contributed by atoms with Crippen molar-refractivity contribution in [2.24, 2.45) is 10.7 Å². The maximum absolute atomic E-state index is 6.22. The zero-order valence-electron chi connectivity index (χ0n) is 13.8. The number of imidazole rings is 1. The van der Waals surface area contributed by atoms with Gasteiger partial charge in [0.05, 0.1) is 11.7 Å². The van der Waals surface area contributed by atoms with Gasteiger partial charge in [-0.1, -0.05) is 35.3 Å². The molecule has 0 fully saturated rings. The lowest BCUT2D eigenvalue weighted by atomic mass is 10.1. The number of aromatic nitrogens is 2. The monoisotopic (exact) mass is 375 g/mol. The van der Waals surface area contributed by atoms with E-state index in [2.05, 4.69) is 15.3 Å². The van der Waals surface area contributed by atoms with E-state index in [0.29, 0.717) is 22.5 Å². The van der Waals surface area contributed by atoms with Crippen molar-refractivity contribution in [3.8, 4) is 0 Å². The second-order valence-corrected chi connectivity index (χ2v) is 6.59. The predicted octanol–water partition coefficient (Wildman–Crippen LogP) is 3.85. The van der Waals surface area contributed by atoms with Gasteiger partial charge in [0.1, 0.15) is 5.65 Å². The van der Waals surface area contributed by atoms with Gasteiger partial charge < -0.3 is 15.5 Å². The Morgan fingerprint density at radius 1 is 1.32 bits per heavy atom. The Balaban J connectivity index is 1.57. The molecule has 0 amide bonds. The molecule has 3 N–H and O–H groups in total. The third-order valence-electron chi connectivity index (χ3n) is 3.86. The predicted molar refractivity (Wildman–Crippen MR) is 103 cm³/mol. The highest BCUT2D eigenvalue weighted by Crippen LogP contribution is 2.25. The van der Waals surface area contributed by atoms with Gasteiger partial charge in [-0.2, -0.15) is 0 Å². The number of benzene rings is 1. The van der Waals surface area contributed by atoms with Crippen molar-refractivity contribution in [2.45, 2.75) is 19.4 Å². The van der Waals surface area contributed by atoms with Crippen molar-refractivity contribution in [3.05, 3.63) is 70.1 Å². The number of guanidine groups is 1. The van der Waals surface area contributed by atoms with E-state index in [9.17, 15) is 0 Å². The molecule has 3 rings (SSSR count). The van der Waals surface area contributed by atoms with E-state index in [1.807, 2.05) is 48.0 Å². The van der Waals surface area contributed by atoms with Gasteiger partial charge in [-0.25, -0.2) is 4.98 Å². The van der Waals surface area contributed by atoms with Crippen molar-refractivity contribution in [1.82, 2.24) is 14.7 Å². The van der Waals surface area contributed by atoms with Gasteiger partial charge in [0.25, 0.3) is 0 Å². The molecule has 130 valence electrons. The fraction of sp³-hybridized carbons (Fsp3) is 0.222. The van der Waals surface area contributed by atoms with E-state index in [1.54, 1.807) is 12.1 Å². The molecule has 0 aliphatic heterocycles. The van der Waals surface area contributed by atoms with Crippen LogP contribution >= 0.6 is 23.2 Å². The average molecular weight is 376 g/mol. The summed E-state index contributed by atoms with van der Waals surface area (Å²) in [5.41, 5.74) is 8.81. The quantitative estimate of drug-likeness (QED) is 0.525. The van der Waals surface area contributed by atoms with Crippen LogP contribution in [0.4, 0.5) is 0 Å². The highest BCUT2D eigenvalue weighted by Gasteiger charge is 2.10. The number of pyridine rings is 1. The second-order valence-electron chi connectivity index (χ2n) is 5.75. The van der Waals surface area contributed by atoms with E-state index in [1.165, 1.54) is 0 Å². The van der Waals surface area contributed by atoms with Crippen LogP contribution in [0, 0.1) is 0 Å². The molecule has 5 nitrogen and oxygen atoms in total. The van der Waals surface area contributed by atoms with Crippen LogP contribution < -0.4 is 11.1 Å². The minimum absolute atomic E-state index is 0.0660. The van der Waals surface area contributed by atoms with Crippen LogP contribution in [-0.2, 0) is 6.42 Å². The highest BCUT2D eigenvalue weighted by atomic mass is 35.5. The van der Waals surface area contributed by atoms with Crippen molar-refractivity contribution in [2.75, 3.05) is 6.54 Å². The largest absolute Gasteiger partial charge is 0.370 e. The molecule has 0 bridgehead atoms. The Morgan fingerprint density at radius 3 is 2.92 bits per heavy atom. The van der Waals surface area contributed by atoms with Gasteiger partial charge in [0.2, 0.25) is 0 Å². The Morgan fingerprint density at radius 2 is 2.16 bits per heavy atom.